The Labute approximate surface area is 117 Å². The highest BCUT2D eigenvalue weighted by Gasteiger charge is 2.24. The molecule has 0 saturated carbocycles. The van der Waals surface area contributed by atoms with Crippen LogP contribution in [-0.2, 0) is 9.47 Å². The molecule has 1 heterocycles. The zero-order valence-electron chi connectivity index (χ0n) is 11.9. The molecule has 2 rings (SSSR count). The summed E-state index contributed by atoms with van der Waals surface area (Å²) >= 11 is 0. The van der Waals surface area contributed by atoms with Crippen LogP contribution < -0.4 is 0 Å². The van der Waals surface area contributed by atoms with E-state index in [1.807, 2.05) is 24.3 Å². The fraction of sp³-hybridized carbons (Fsp3) is 0.429. The Morgan fingerprint density at radius 3 is 2.60 bits per heavy atom. The molecule has 1 amide bonds. The van der Waals surface area contributed by atoms with Crippen LogP contribution in [0.2, 0.25) is 0 Å². The normalized spacial score (nSPS) is 11.2. The van der Waals surface area contributed by atoms with Crippen LogP contribution in [0.25, 0.3) is 10.9 Å². The molecule has 0 bridgehead atoms. The zero-order valence-corrected chi connectivity index (χ0v) is 11.9. The second kappa shape index (κ2) is 6.49. The number of hydrogen-bond donors (Lipinski definition) is 1. The summed E-state index contributed by atoms with van der Waals surface area (Å²) in [5.41, 5.74) is 1.26. The molecule has 108 valence electrons. The highest BCUT2D eigenvalue weighted by atomic mass is 16.5. The first-order valence-corrected chi connectivity index (χ1v) is 6.37. The third kappa shape index (κ3) is 2.81. The second-order valence-corrected chi connectivity index (χ2v) is 4.60. The maximum atomic E-state index is 12.5. The molecule has 20 heavy (non-hydrogen) atoms. The summed E-state index contributed by atoms with van der Waals surface area (Å²) in [5, 5.41) is 7.81. The van der Waals surface area contributed by atoms with Gasteiger partial charge in [0.25, 0.3) is 5.91 Å². The van der Waals surface area contributed by atoms with E-state index in [0.29, 0.717) is 18.9 Å². The van der Waals surface area contributed by atoms with E-state index in [2.05, 4.69) is 10.2 Å². The predicted octanol–water partition coefficient (Wildman–Crippen LogP) is 1.30. The Morgan fingerprint density at radius 2 is 1.95 bits per heavy atom. The number of aromatic nitrogens is 2. The summed E-state index contributed by atoms with van der Waals surface area (Å²) in [4.78, 5) is 14.1. The molecule has 1 N–H and O–H groups in total. The van der Waals surface area contributed by atoms with E-state index in [1.54, 1.807) is 26.2 Å². The van der Waals surface area contributed by atoms with Crippen molar-refractivity contribution in [2.45, 2.75) is 6.04 Å². The Kier molecular flexibility index (Phi) is 4.70. The number of ether oxygens (including phenoxy) is 2. The first kappa shape index (κ1) is 14.5. The average molecular weight is 277 g/mol. The number of H-pyrrole nitrogens is 1. The first-order valence-electron chi connectivity index (χ1n) is 6.37. The van der Waals surface area contributed by atoms with Crippen LogP contribution in [0.1, 0.15) is 10.5 Å². The maximum Gasteiger partial charge on any atom is 0.275 e. The molecule has 0 spiro atoms. The number of methoxy groups -OCH3 is 2. The van der Waals surface area contributed by atoms with Gasteiger partial charge in [-0.25, -0.2) is 0 Å². The van der Waals surface area contributed by atoms with Crippen LogP contribution in [0.3, 0.4) is 0 Å². The molecule has 1 aromatic heterocycles. The van der Waals surface area contributed by atoms with Gasteiger partial charge in [0.05, 0.1) is 24.8 Å². The highest BCUT2D eigenvalue weighted by Crippen LogP contribution is 2.17. The third-order valence-electron chi connectivity index (χ3n) is 3.26. The van der Waals surface area contributed by atoms with Crippen LogP contribution in [0.15, 0.2) is 24.3 Å². The SMILES string of the molecule is COCC(COC)N(C)C(=O)c1n[nH]c2ccccc12. The van der Waals surface area contributed by atoms with Gasteiger partial charge in [-0.15, -0.1) is 0 Å². The molecule has 0 aliphatic heterocycles. The van der Waals surface area contributed by atoms with E-state index < -0.39 is 0 Å². The lowest BCUT2D eigenvalue weighted by molar-refractivity contribution is 0.0369. The van der Waals surface area contributed by atoms with Crippen molar-refractivity contribution in [3.05, 3.63) is 30.0 Å². The van der Waals surface area contributed by atoms with Crippen LogP contribution in [0.4, 0.5) is 0 Å². The van der Waals surface area contributed by atoms with E-state index in [0.717, 1.165) is 10.9 Å². The number of likely N-dealkylation sites (N-methyl/N-ethyl adjacent to an activating group) is 1. The average Bonchev–Trinajstić information content (AvgIpc) is 2.89. The van der Waals surface area contributed by atoms with Crippen molar-refractivity contribution in [3.63, 3.8) is 0 Å². The van der Waals surface area contributed by atoms with Gasteiger partial charge in [-0.05, 0) is 6.07 Å². The molecule has 0 saturated heterocycles. The lowest BCUT2D eigenvalue weighted by atomic mass is 10.2. The minimum Gasteiger partial charge on any atom is -0.382 e. The van der Waals surface area contributed by atoms with E-state index in [1.165, 1.54) is 0 Å². The van der Waals surface area contributed by atoms with E-state index in [-0.39, 0.29) is 11.9 Å². The smallest absolute Gasteiger partial charge is 0.275 e. The molecular weight excluding hydrogens is 258 g/mol. The Bertz CT molecular complexity index is 576. The summed E-state index contributed by atoms with van der Waals surface area (Å²) in [6.07, 6.45) is 0. The van der Waals surface area contributed by atoms with Gasteiger partial charge in [0.15, 0.2) is 5.69 Å². The van der Waals surface area contributed by atoms with Gasteiger partial charge in [-0.2, -0.15) is 5.10 Å². The minimum atomic E-state index is -0.151. The van der Waals surface area contributed by atoms with Crippen LogP contribution in [-0.4, -0.2) is 61.5 Å². The molecule has 0 aliphatic carbocycles. The third-order valence-corrected chi connectivity index (χ3v) is 3.26. The van der Waals surface area contributed by atoms with Crippen LogP contribution in [0.5, 0.6) is 0 Å². The van der Waals surface area contributed by atoms with Crippen LogP contribution >= 0.6 is 0 Å². The molecule has 1 aromatic carbocycles. The number of rotatable bonds is 6. The number of nitrogens with zero attached hydrogens (tertiary/aromatic N) is 2. The fourth-order valence-electron chi connectivity index (χ4n) is 2.12. The van der Waals surface area contributed by atoms with Crippen molar-refractivity contribution >= 4 is 16.8 Å². The number of aromatic amines is 1. The zero-order chi connectivity index (χ0) is 14.5. The minimum absolute atomic E-state index is 0.145. The van der Waals surface area contributed by atoms with Crippen molar-refractivity contribution < 1.29 is 14.3 Å². The van der Waals surface area contributed by atoms with E-state index in [9.17, 15) is 4.79 Å². The summed E-state index contributed by atoms with van der Waals surface area (Å²) in [6, 6.07) is 7.41. The van der Waals surface area contributed by atoms with Crippen molar-refractivity contribution in [2.24, 2.45) is 0 Å². The molecule has 0 aliphatic rings. The highest BCUT2D eigenvalue weighted by molar-refractivity contribution is 6.04. The Morgan fingerprint density at radius 1 is 1.30 bits per heavy atom. The number of amides is 1. The van der Waals surface area contributed by atoms with Gasteiger partial charge in [-0.1, -0.05) is 18.2 Å². The topological polar surface area (TPSA) is 67.5 Å². The number of carbonyl (C=O) groups is 1. The number of nitrogens with one attached hydrogen (secondary N) is 1. The lowest BCUT2D eigenvalue weighted by Gasteiger charge is -2.26. The monoisotopic (exact) mass is 277 g/mol. The lowest BCUT2D eigenvalue weighted by Crippen LogP contribution is -2.43. The Balaban J connectivity index is 2.25. The van der Waals surface area contributed by atoms with Crippen molar-refractivity contribution in [3.8, 4) is 0 Å². The largest absolute Gasteiger partial charge is 0.382 e. The molecule has 2 aromatic rings. The first-order chi connectivity index (χ1) is 9.69. The van der Waals surface area contributed by atoms with Crippen LogP contribution in [0, 0.1) is 0 Å². The van der Waals surface area contributed by atoms with Gasteiger partial charge >= 0.3 is 0 Å². The number of benzene rings is 1. The van der Waals surface area contributed by atoms with Gasteiger partial charge in [0.1, 0.15) is 0 Å². The summed E-state index contributed by atoms with van der Waals surface area (Å²) < 4.78 is 10.3. The summed E-state index contributed by atoms with van der Waals surface area (Å²) in [7, 11) is 4.93. The molecule has 6 heteroatoms. The maximum absolute atomic E-state index is 12.5. The molecule has 0 radical (unpaired) electrons. The number of fused-ring (bicyclic) bond motifs is 1. The van der Waals surface area contributed by atoms with Gasteiger partial charge in [-0.3, -0.25) is 9.89 Å². The Hall–Kier alpha value is -1.92. The molecule has 0 atom stereocenters. The predicted molar refractivity (Wildman–Crippen MR) is 75.7 cm³/mol. The number of hydrogen-bond acceptors (Lipinski definition) is 4. The van der Waals surface area contributed by atoms with E-state index >= 15 is 0 Å². The standard InChI is InChI=1S/C14H19N3O3/c1-17(10(8-19-2)9-20-3)14(18)13-11-6-4-5-7-12(11)15-16-13/h4-7,10H,8-9H2,1-3H3,(H,15,16). The quantitative estimate of drug-likeness (QED) is 0.864. The van der Waals surface area contributed by atoms with Gasteiger partial charge in [0, 0.05) is 26.7 Å². The van der Waals surface area contributed by atoms with Gasteiger partial charge < -0.3 is 14.4 Å². The van der Waals surface area contributed by atoms with E-state index in [4.69, 9.17) is 9.47 Å². The van der Waals surface area contributed by atoms with Gasteiger partial charge in [0.2, 0.25) is 0 Å². The molecular formula is C14H19N3O3. The summed E-state index contributed by atoms with van der Waals surface area (Å²) in [5.74, 6) is -0.151. The molecule has 0 fully saturated rings. The number of para-hydroxylation sites is 1. The second-order valence-electron chi connectivity index (χ2n) is 4.60. The molecule has 0 unspecified atom stereocenters. The van der Waals surface area contributed by atoms with Crippen molar-refractivity contribution in [1.29, 1.82) is 0 Å². The van der Waals surface area contributed by atoms with Crippen molar-refractivity contribution in [2.75, 3.05) is 34.5 Å². The summed E-state index contributed by atoms with van der Waals surface area (Å²) in [6.45, 7) is 0.830. The number of carbonyl (C=O) groups excluding carboxylic acids is 1. The van der Waals surface area contributed by atoms with Crippen molar-refractivity contribution in [1.82, 2.24) is 15.1 Å². The fourth-order valence-corrected chi connectivity index (χ4v) is 2.12. The molecule has 6 nitrogen and oxygen atoms in total.